The van der Waals surface area contributed by atoms with E-state index >= 15 is 0 Å². The van der Waals surface area contributed by atoms with Gasteiger partial charge in [-0.1, -0.05) is 123 Å². The van der Waals surface area contributed by atoms with Gasteiger partial charge in [0.2, 0.25) is 0 Å². The van der Waals surface area contributed by atoms with Gasteiger partial charge < -0.3 is 68.6 Å². The van der Waals surface area contributed by atoms with Crippen LogP contribution >= 0.6 is 47.0 Å². The third-order valence-corrected chi connectivity index (χ3v) is 33.2. The maximum Gasteiger partial charge on any atom is 0.416 e. The minimum Gasteiger partial charge on any atom is -0.340 e. The Morgan fingerprint density at radius 1 is 0.210 bits per heavy atom. The van der Waals surface area contributed by atoms with Crippen LogP contribution in [-0.2, 0) is 24.7 Å². The van der Waals surface area contributed by atoms with Crippen molar-refractivity contribution in [3.8, 4) is 0 Å². The lowest BCUT2D eigenvalue weighted by Crippen LogP contribution is -2.48. The molecule has 0 saturated carbocycles. The standard InChI is InChI=1S/C27H35F3N4S.C27H37F3N4S.C26H33F3N4S.C26H35F3N4S/c28-27(29,30)22-9-10-26-24(21-22)34(23-7-1-2-8-25(23)35-26)16-6-15-33-19-17-32(18-20-33)14-5-13-31-11-3-4-12-31;1-3-31(4-2)13-7-14-32-17-19-33(20-18-32)15-8-16-34-23-9-5-6-10-25(23)35-26-12-11-22(21-24(26)34)27(28,29)30;27-26(28,29)21-8-9-25-23(20-21)33(22-6-1-2-7-24(22)34-25)13-5-12-31-15-18-32(19-16-31)17-14-30-10-3-4-11-30;1-3-30(4-2)14-15-32-18-16-31(17-19-32)12-7-13-33-22-8-5-6-9-24(22)34-25-11-10-21(20-23(25)33)26(27,28)29/h1-2,7-10,21H,3-6,11-20H2;5-6,9-12,21H,3-4,7-8,13-20H2,1-2H3;1-2,6-9,20H,3-5,10-19H2;5-6,8-11,20H,3-4,7,12-19H2,1-2H3. The van der Waals surface area contributed by atoms with Crippen LogP contribution < -0.4 is 19.6 Å². The minimum absolute atomic E-state index is 0.581. The summed E-state index contributed by atoms with van der Waals surface area (Å²) in [4.78, 5) is 46.6. The Kier molecular flexibility index (Phi) is 38.6. The molecule has 32 heteroatoms. The van der Waals surface area contributed by atoms with Crippen LogP contribution in [0.2, 0.25) is 0 Å². The summed E-state index contributed by atoms with van der Waals surface area (Å²) in [5.74, 6) is 0. The molecule has 0 amide bonds. The van der Waals surface area contributed by atoms with E-state index < -0.39 is 47.0 Å². The van der Waals surface area contributed by atoms with Gasteiger partial charge in [0.05, 0.1) is 67.8 Å². The van der Waals surface area contributed by atoms with Crippen LogP contribution in [0.4, 0.5) is 98.2 Å². The van der Waals surface area contributed by atoms with Crippen LogP contribution in [0.25, 0.3) is 0 Å². The highest BCUT2D eigenvalue weighted by Crippen LogP contribution is 2.55. The fourth-order valence-electron chi connectivity index (χ4n) is 20.4. The van der Waals surface area contributed by atoms with Gasteiger partial charge in [-0.2, -0.15) is 52.7 Å². The minimum atomic E-state index is -4.34. The number of rotatable bonds is 34. The first kappa shape index (κ1) is 105. The van der Waals surface area contributed by atoms with Gasteiger partial charge in [0.15, 0.2) is 0 Å². The number of hydrogen-bond acceptors (Lipinski definition) is 20. The summed E-state index contributed by atoms with van der Waals surface area (Å²) < 4.78 is 161. The monoisotopic (exact) mass is 1990 g/mol. The van der Waals surface area contributed by atoms with Crippen LogP contribution in [0.5, 0.6) is 0 Å². The Morgan fingerprint density at radius 2 is 0.406 bits per heavy atom. The normalized spacial score (nSPS) is 18.4. The molecule has 0 radical (unpaired) electrons. The van der Waals surface area contributed by atoms with Crippen molar-refractivity contribution in [1.82, 2.24) is 58.8 Å². The van der Waals surface area contributed by atoms with Crippen LogP contribution in [0, 0.1) is 0 Å². The van der Waals surface area contributed by atoms with E-state index in [4.69, 9.17) is 0 Å². The molecular formula is C106H140F12N16S4. The zero-order valence-electron chi connectivity index (χ0n) is 80.8. The van der Waals surface area contributed by atoms with Gasteiger partial charge in [-0.05, 0) is 290 Å². The van der Waals surface area contributed by atoms with Gasteiger partial charge in [0, 0.05) is 196 Å². The van der Waals surface area contributed by atoms with Crippen LogP contribution in [0.15, 0.2) is 209 Å². The molecule has 0 spiro atoms. The number of para-hydroxylation sites is 4. The van der Waals surface area contributed by atoms with Gasteiger partial charge in [-0.25, -0.2) is 0 Å². The molecule has 16 nitrogen and oxygen atoms in total. The van der Waals surface area contributed by atoms with Crippen molar-refractivity contribution in [2.24, 2.45) is 0 Å². The number of nitrogens with zero attached hydrogens (tertiary/aromatic N) is 16. The Morgan fingerprint density at radius 3 is 0.652 bits per heavy atom. The zero-order chi connectivity index (χ0) is 96.8. The first-order valence-corrected chi connectivity index (χ1v) is 53.7. The van der Waals surface area contributed by atoms with Gasteiger partial charge in [0.1, 0.15) is 0 Å². The number of halogens is 12. The first-order valence-electron chi connectivity index (χ1n) is 50.4. The third-order valence-electron chi connectivity index (χ3n) is 28.6. The Bertz CT molecular complexity index is 4810. The number of piperazine rings is 4. The maximum atomic E-state index is 13.4. The topological polar surface area (TPSA) is 51.8 Å². The molecule has 6 saturated heterocycles. The second kappa shape index (κ2) is 50.5. The zero-order valence-corrected chi connectivity index (χ0v) is 84.1. The van der Waals surface area contributed by atoms with E-state index in [1.165, 1.54) is 139 Å². The maximum absolute atomic E-state index is 13.4. The van der Waals surface area contributed by atoms with Crippen molar-refractivity contribution in [3.63, 3.8) is 0 Å². The van der Waals surface area contributed by atoms with E-state index in [0.717, 1.165) is 271 Å². The van der Waals surface area contributed by atoms with E-state index in [2.05, 4.69) is 118 Å². The van der Waals surface area contributed by atoms with E-state index in [1.54, 1.807) is 71.3 Å². The second-order valence-electron chi connectivity index (χ2n) is 37.6. The first-order chi connectivity index (χ1) is 66.7. The van der Waals surface area contributed by atoms with Crippen molar-refractivity contribution < 1.29 is 52.7 Å². The summed E-state index contributed by atoms with van der Waals surface area (Å²) in [6.07, 6.45) is -5.82. The molecule has 0 aliphatic carbocycles. The van der Waals surface area contributed by atoms with Crippen LogP contribution in [0.1, 0.15) is 114 Å². The summed E-state index contributed by atoms with van der Waals surface area (Å²) in [6, 6.07) is 48.6. The molecule has 0 aromatic heterocycles. The van der Waals surface area contributed by atoms with Gasteiger partial charge in [-0.15, -0.1) is 0 Å². The van der Waals surface area contributed by atoms with Crippen LogP contribution in [-0.4, -0.2) is 321 Å². The highest BCUT2D eigenvalue weighted by Gasteiger charge is 2.39. The molecule has 138 heavy (non-hydrogen) atoms. The summed E-state index contributed by atoms with van der Waals surface area (Å²) in [7, 11) is 0. The van der Waals surface area contributed by atoms with Gasteiger partial charge in [-0.3, -0.25) is 9.80 Å². The molecule has 0 N–H and O–H groups in total. The Hall–Kier alpha value is -6.96. The van der Waals surface area contributed by atoms with Gasteiger partial charge in [0.25, 0.3) is 0 Å². The number of fused-ring (bicyclic) bond motifs is 8. The molecule has 8 aromatic carbocycles. The van der Waals surface area contributed by atoms with Crippen molar-refractivity contribution in [3.05, 3.63) is 192 Å². The number of alkyl halides is 12. The molecule has 6 fully saturated rings. The number of likely N-dealkylation sites (tertiary alicyclic amines) is 2. The van der Waals surface area contributed by atoms with Crippen molar-refractivity contribution >= 4 is 92.5 Å². The Labute approximate surface area is 828 Å². The molecule has 18 rings (SSSR count). The molecule has 0 unspecified atom stereocenters. The predicted octanol–water partition coefficient (Wildman–Crippen LogP) is 22.9. The lowest BCUT2D eigenvalue weighted by atomic mass is 10.1. The lowest BCUT2D eigenvalue weighted by Gasteiger charge is -2.37. The SMILES string of the molecule is CCN(CC)CCCN1CCN(CCCN2c3ccccc3Sc3ccc(C(F)(F)F)cc32)CC1.CCN(CC)CCN1CCN(CCCN2c3ccccc3Sc3ccc(C(F)(F)F)cc32)CC1.FC(F)(F)c1ccc2c(c1)N(CCCN1CCN(CCCN3CCCC3)CC1)c1ccccc1S2.FC(F)(F)c1ccc2c(c1)N(CCCN1CCN(CCN3CCCC3)CC1)c1ccccc1S2. The summed E-state index contributed by atoms with van der Waals surface area (Å²) >= 11 is 6.21. The second-order valence-corrected chi connectivity index (χ2v) is 41.9. The molecule has 10 aliphatic heterocycles. The summed E-state index contributed by atoms with van der Waals surface area (Å²) in [5, 5.41) is 0. The van der Waals surface area contributed by atoms with E-state index in [1.807, 2.05) is 84.9 Å². The Balaban J connectivity index is 0.000000140. The molecule has 752 valence electrons. The van der Waals surface area contributed by atoms with Crippen molar-refractivity contribution in [2.75, 3.05) is 281 Å². The third kappa shape index (κ3) is 29.2. The van der Waals surface area contributed by atoms with Crippen molar-refractivity contribution in [2.45, 2.75) is 156 Å². The fourth-order valence-corrected chi connectivity index (χ4v) is 24.7. The number of hydrogen-bond donors (Lipinski definition) is 0. The predicted molar refractivity (Wildman–Crippen MR) is 542 cm³/mol. The average molecular weight is 1990 g/mol. The highest BCUT2D eigenvalue weighted by atomic mass is 32.2. The number of anilines is 8. The lowest BCUT2D eigenvalue weighted by molar-refractivity contribution is -0.138. The largest absolute Gasteiger partial charge is 0.416 e. The number of benzene rings is 8. The van der Waals surface area contributed by atoms with E-state index in [-0.39, 0.29) is 0 Å². The molecule has 8 aromatic rings. The fraction of sp³-hybridized carbons (Fsp3) is 0.547. The molecule has 10 aliphatic rings. The summed E-state index contributed by atoms with van der Waals surface area (Å²) in [5.41, 5.74) is 4.36. The van der Waals surface area contributed by atoms with Gasteiger partial charge >= 0.3 is 24.7 Å². The molecular weight excluding hydrogens is 1850 g/mol. The quantitative estimate of drug-likeness (QED) is 0.0359. The highest BCUT2D eigenvalue weighted by molar-refractivity contribution is 8.00. The number of likely N-dealkylation sites (N-methyl/N-ethyl adjacent to an activating group) is 1. The summed E-state index contributed by atoms with van der Waals surface area (Å²) in [6.45, 7) is 51.7. The smallest absolute Gasteiger partial charge is 0.340 e. The van der Waals surface area contributed by atoms with Crippen molar-refractivity contribution in [1.29, 1.82) is 0 Å². The molecule has 10 heterocycles. The molecule has 0 bridgehead atoms. The molecule has 0 atom stereocenters. The van der Waals surface area contributed by atoms with E-state index in [0.29, 0.717) is 48.9 Å². The van der Waals surface area contributed by atoms with Crippen LogP contribution in [0.3, 0.4) is 0 Å². The average Bonchev–Trinajstić information content (AvgIpc) is 0.957. The van der Waals surface area contributed by atoms with E-state index in [9.17, 15) is 52.7 Å².